The first-order valence-electron chi connectivity index (χ1n) is 9.18. The van der Waals surface area contributed by atoms with Gasteiger partial charge in [-0.2, -0.15) is 0 Å². The van der Waals surface area contributed by atoms with E-state index in [1.165, 1.54) is 12.0 Å². The number of hydrogen-bond donors (Lipinski definition) is 2. The van der Waals surface area contributed by atoms with Crippen LogP contribution in [0.25, 0.3) is 0 Å². The van der Waals surface area contributed by atoms with Crippen molar-refractivity contribution in [3.05, 3.63) is 53.2 Å². The minimum absolute atomic E-state index is 0.0579. The Kier molecular flexibility index (Phi) is 5.59. The number of aliphatic imine (C=N–C) groups is 1. The van der Waals surface area contributed by atoms with Gasteiger partial charge in [0.2, 0.25) is 0 Å². The maximum atomic E-state index is 13.2. The molecule has 26 heavy (non-hydrogen) atoms. The van der Waals surface area contributed by atoms with Crippen LogP contribution in [0.5, 0.6) is 0 Å². The molecule has 1 aliphatic rings. The molecule has 0 atom stereocenters. The number of aromatic nitrogens is 1. The summed E-state index contributed by atoms with van der Waals surface area (Å²) in [4.78, 5) is 4.29. The fourth-order valence-corrected chi connectivity index (χ4v) is 3.30. The van der Waals surface area contributed by atoms with Crippen LogP contribution in [0.3, 0.4) is 0 Å². The Hall–Kier alpha value is -2.37. The fourth-order valence-electron chi connectivity index (χ4n) is 3.30. The lowest BCUT2D eigenvalue weighted by Gasteiger charge is -2.43. The molecule has 0 spiro atoms. The highest BCUT2D eigenvalue weighted by Gasteiger charge is 2.38. The van der Waals surface area contributed by atoms with Gasteiger partial charge in [-0.1, -0.05) is 37.6 Å². The molecule has 0 aliphatic heterocycles. The van der Waals surface area contributed by atoms with Crippen LogP contribution in [0.1, 0.15) is 56.0 Å². The van der Waals surface area contributed by atoms with Crippen molar-refractivity contribution in [3.8, 4) is 0 Å². The molecule has 6 heteroatoms. The van der Waals surface area contributed by atoms with Crippen molar-refractivity contribution in [1.29, 1.82) is 0 Å². The van der Waals surface area contributed by atoms with E-state index in [4.69, 9.17) is 4.52 Å². The molecule has 1 saturated carbocycles. The molecule has 0 saturated heterocycles. The van der Waals surface area contributed by atoms with Gasteiger partial charge in [-0.05, 0) is 36.5 Å². The standard InChI is InChI=1S/C20H27FN4O/c1-14(2)18-11-17(26-25-18)12-23-19(22-3)24-13-20(9-4-10-20)15-5-7-16(21)8-6-15/h5-8,11,14H,4,9-10,12-13H2,1-3H3,(H2,22,23,24). The molecule has 0 bridgehead atoms. The second-order valence-electron chi connectivity index (χ2n) is 7.29. The highest BCUT2D eigenvalue weighted by atomic mass is 19.1. The Morgan fingerprint density at radius 1 is 1.27 bits per heavy atom. The summed E-state index contributed by atoms with van der Waals surface area (Å²) in [6.07, 6.45) is 3.39. The van der Waals surface area contributed by atoms with Gasteiger partial charge in [0, 0.05) is 25.1 Å². The maximum absolute atomic E-state index is 13.2. The second-order valence-corrected chi connectivity index (χ2v) is 7.29. The first-order chi connectivity index (χ1) is 12.5. The van der Waals surface area contributed by atoms with Crippen LogP contribution in [0.15, 0.2) is 39.8 Å². The Labute approximate surface area is 154 Å². The highest BCUT2D eigenvalue weighted by Crippen LogP contribution is 2.43. The highest BCUT2D eigenvalue weighted by molar-refractivity contribution is 5.79. The number of halogens is 1. The largest absolute Gasteiger partial charge is 0.359 e. The molecule has 1 aromatic heterocycles. The molecule has 0 amide bonds. The monoisotopic (exact) mass is 358 g/mol. The number of guanidine groups is 1. The summed E-state index contributed by atoms with van der Waals surface area (Å²) in [7, 11) is 1.75. The van der Waals surface area contributed by atoms with Crippen molar-refractivity contribution in [2.45, 2.75) is 51.0 Å². The van der Waals surface area contributed by atoms with Gasteiger partial charge in [0.15, 0.2) is 11.7 Å². The Balaban J connectivity index is 1.56. The van der Waals surface area contributed by atoms with Crippen LogP contribution in [-0.4, -0.2) is 24.7 Å². The lowest BCUT2D eigenvalue weighted by atomic mass is 9.64. The van der Waals surface area contributed by atoms with Crippen molar-refractivity contribution in [1.82, 2.24) is 15.8 Å². The zero-order chi connectivity index (χ0) is 18.6. The zero-order valence-corrected chi connectivity index (χ0v) is 15.7. The van der Waals surface area contributed by atoms with Gasteiger partial charge >= 0.3 is 0 Å². The summed E-state index contributed by atoms with van der Waals surface area (Å²) >= 11 is 0. The molecule has 0 unspecified atom stereocenters. The van der Waals surface area contributed by atoms with Gasteiger partial charge in [0.25, 0.3) is 0 Å². The number of benzene rings is 1. The van der Waals surface area contributed by atoms with Crippen molar-refractivity contribution in [2.24, 2.45) is 4.99 Å². The summed E-state index contributed by atoms with van der Waals surface area (Å²) in [6, 6.07) is 8.84. The summed E-state index contributed by atoms with van der Waals surface area (Å²) in [6.45, 7) is 5.47. The molecule has 5 nitrogen and oxygen atoms in total. The Morgan fingerprint density at radius 3 is 2.54 bits per heavy atom. The predicted octanol–water partition coefficient (Wildman–Crippen LogP) is 3.72. The molecule has 0 radical (unpaired) electrons. The Bertz CT molecular complexity index is 747. The predicted molar refractivity (Wildman–Crippen MR) is 101 cm³/mol. The lowest BCUT2D eigenvalue weighted by Crippen LogP contribution is -2.48. The van der Waals surface area contributed by atoms with Crippen LogP contribution >= 0.6 is 0 Å². The third kappa shape index (κ3) is 4.06. The van der Waals surface area contributed by atoms with Crippen molar-refractivity contribution in [2.75, 3.05) is 13.6 Å². The van der Waals surface area contributed by atoms with Crippen LogP contribution in [-0.2, 0) is 12.0 Å². The van der Waals surface area contributed by atoms with Gasteiger partial charge in [0.1, 0.15) is 5.82 Å². The average molecular weight is 358 g/mol. The summed E-state index contributed by atoms with van der Waals surface area (Å²) in [5, 5.41) is 10.7. The fraction of sp³-hybridized carbons (Fsp3) is 0.500. The molecule has 1 fully saturated rings. The summed E-state index contributed by atoms with van der Waals surface area (Å²) < 4.78 is 18.6. The minimum atomic E-state index is -0.193. The molecule has 1 aliphatic carbocycles. The van der Waals surface area contributed by atoms with Crippen molar-refractivity contribution < 1.29 is 8.91 Å². The molecule has 1 aromatic carbocycles. The average Bonchev–Trinajstić information content (AvgIpc) is 3.07. The third-order valence-electron chi connectivity index (χ3n) is 5.18. The van der Waals surface area contributed by atoms with Crippen LogP contribution in [0.2, 0.25) is 0 Å². The van der Waals surface area contributed by atoms with E-state index in [0.29, 0.717) is 12.5 Å². The topological polar surface area (TPSA) is 62.5 Å². The first kappa shape index (κ1) is 18.4. The van der Waals surface area contributed by atoms with Crippen molar-refractivity contribution in [3.63, 3.8) is 0 Å². The quantitative estimate of drug-likeness (QED) is 0.610. The molecule has 2 N–H and O–H groups in total. The van der Waals surface area contributed by atoms with E-state index < -0.39 is 0 Å². The number of nitrogens with zero attached hydrogens (tertiary/aromatic N) is 2. The van der Waals surface area contributed by atoms with Crippen LogP contribution in [0.4, 0.5) is 4.39 Å². The van der Waals surface area contributed by atoms with Gasteiger partial charge in [0.05, 0.1) is 12.2 Å². The molecule has 3 rings (SSSR count). The molecule has 1 heterocycles. The number of rotatable bonds is 6. The lowest BCUT2D eigenvalue weighted by molar-refractivity contribution is 0.243. The van der Waals surface area contributed by atoms with Crippen LogP contribution < -0.4 is 10.6 Å². The van der Waals surface area contributed by atoms with E-state index in [1.807, 2.05) is 18.2 Å². The normalized spacial score (nSPS) is 16.4. The van der Waals surface area contributed by atoms with Crippen LogP contribution in [0, 0.1) is 5.82 Å². The molecular formula is C20H27FN4O. The number of nitrogens with one attached hydrogen (secondary N) is 2. The van der Waals surface area contributed by atoms with Gasteiger partial charge in [-0.3, -0.25) is 4.99 Å². The van der Waals surface area contributed by atoms with E-state index in [-0.39, 0.29) is 11.2 Å². The smallest absolute Gasteiger partial charge is 0.191 e. The molecular weight excluding hydrogens is 331 g/mol. The molecule has 140 valence electrons. The summed E-state index contributed by atoms with van der Waals surface area (Å²) in [5.41, 5.74) is 2.20. The van der Waals surface area contributed by atoms with E-state index in [2.05, 4.69) is 34.6 Å². The Morgan fingerprint density at radius 2 is 2.00 bits per heavy atom. The van der Waals surface area contributed by atoms with E-state index in [0.717, 1.165) is 36.8 Å². The third-order valence-corrected chi connectivity index (χ3v) is 5.18. The second kappa shape index (κ2) is 7.89. The van der Waals surface area contributed by atoms with Gasteiger partial charge in [-0.25, -0.2) is 4.39 Å². The van der Waals surface area contributed by atoms with Gasteiger partial charge in [-0.15, -0.1) is 0 Å². The SMILES string of the molecule is CN=C(NCc1cc(C(C)C)no1)NCC1(c2ccc(F)cc2)CCC1. The zero-order valence-electron chi connectivity index (χ0n) is 15.7. The first-order valence-corrected chi connectivity index (χ1v) is 9.18. The number of hydrogen-bond acceptors (Lipinski definition) is 3. The van der Waals surface area contributed by atoms with E-state index >= 15 is 0 Å². The minimum Gasteiger partial charge on any atom is -0.359 e. The van der Waals surface area contributed by atoms with E-state index in [1.54, 1.807) is 19.2 Å². The maximum Gasteiger partial charge on any atom is 0.191 e. The van der Waals surface area contributed by atoms with Crippen molar-refractivity contribution >= 4 is 5.96 Å². The molecule has 2 aromatic rings. The van der Waals surface area contributed by atoms with E-state index in [9.17, 15) is 4.39 Å². The summed E-state index contributed by atoms with van der Waals surface area (Å²) in [5.74, 6) is 1.66. The van der Waals surface area contributed by atoms with Gasteiger partial charge < -0.3 is 15.2 Å².